The lowest BCUT2D eigenvalue weighted by atomic mass is 10.1. The maximum atomic E-state index is 10.1. The minimum Gasteiger partial charge on any atom is -0.488 e. The zero-order valence-corrected chi connectivity index (χ0v) is 12.4. The molecule has 1 aliphatic rings. The molecule has 0 heterocycles. The molecule has 2 rings (SSSR count). The molecule has 20 heavy (non-hydrogen) atoms. The first kappa shape index (κ1) is 15.3. The summed E-state index contributed by atoms with van der Waals surface area (Å²) < 4.78 is 5.95. The van der Waals surface area contributed by atoms with E-state index in [4.69, 9.17) is 10.5 Å². The Balaban J connectivity index is 1.89. The number of ether oxygens (including phenoxy) is 1. The zero-order valence-electron chi connectivity index (χ0n) is 12.4. The van der Waals surface area contributed by atoms with Crippen LogP contribution in [0.25, 0.3) is 0 Å². The van der Waals surface area contributed by atoms with E-state index < -0.39 is 0 Å². The van der Waals surface area contributed by atoms with E-state index in [0.717, 1.165) is 44.3 Å². The molecule has 1 aliphatic carbocycles. The highest BCUT2D eigenvalue weighted by Gasteiger charge is 2.23. The molecule has 0 saturated heterocycles. The highest BCUT2D eigenvalue weighted by Crippen LogP contribution is 2.23. The minimum absolute atomic E-state index is 0.0487. The maximum absolute atomic E-state index is 10.1. The number of aryl methyl sites for hydroxylation is 1. The quantitative estimate of drug-likeness (QED) is 0.813. The van der Waals surface area contributed by atoms with Gasteiger partial charge in [-0.25, -0.2) is 0 Å². The summed E-state index contributed by atoms with van der Waals surface area (Å²) in [6.45, 7) is 2.03. The van der Waals surface area contributed by atoms with Crippen LogP contribution in [0.15, 0.2) is 24.3 Å². The van der Waals surface area contributed by atoms with Gasteiger partial charge in [0.1, 0.15) is 11.9 Å². The molecule has 112 valence electrons. The molecule has 1 saturated carbocycles. The van der Waals surface area contributed by atoms with Gasteiger partial charge >= 0.3 is 0 Å². The van der Waals surface area contributed by atoms with Crippen molar-refractivity contribution in [3.8, 4) is 5.75 Å². The summed E-state index contributed by atoms with van der Waals surface area (Å²) in [5.74, 6) is 0.862. The molecule has 1 aromatic rings. The van der Waals surface area contributed by atoms with Crippen molar-refractivity contribution in [2.24, 2.45) is 5.73 Å². The Kier molecular flexibility index (Phi) is 5.86. The molecule has 1 fully saturated rings. The molecule has 0 aliphatic heterocycles. The largest absolute Gasteiger partial charge is 0.488 e. The molecule has 3 atom stereocenters. The van der Waals surface area contributed by atoms with Crippen molar-refractivity contribution in [1.82, 2.24) is 0 Å². The molecular formula is C17H27NO2. The third-order valence-electron chi connectivity index (χ3n) is 4.02. The van der Waals surface area contributed by atoms with Crippen molar-refractivity contribution in [2.75, 3.05) is 0 Å². The van der Waals surface area contributed by atoms with Crippen LogP contribution < -0.4 is 10.5 Å². The van der Waals surface area contributed by atoms with E-state index in [2.05, 4.69) is 12.1 Å². The number of aliphatic hydroxyl groups excluding tert-OH is 1. The normalized spacial score (nSPS) is 24.9. The first-order valence-corrected chi connectivity index (χ1v) is 7.84. The van der Waals surface area contributed by atoms with E-state index in [9.17, 15) is 5.11 Å². The van der Waals surface area contributed by atoms with Gasteiger partial charge in [-0.05, 0) is 56.7 Å². The second kappa shape index (κ2) is 7.65. The summed E-state index contributed by atoms with van der Waals surface area (Å²) in [4.78, 5) is 0. The fourth-order valence-electron chi connectivity index (χ4n) is 2.70. The number of hydrogen-bond acceptors (Lipinski definition) is 3. The van der Waals surface area contributed by atoms with Gasteiger partial charge in [-0.1, -0.05) is 25.0 Å². The summed E-state index contributed by atoms with van der Waals surface area (Å²) in [6, 6.07) is 8.45. The van der Waals surface area contributed by atoms with Crippen LogP contribution in [0.4, 0.5) is 0 Å². The Bertz CT molecular complexity index is 388. The molecule has 3 heteroatoms. The fraction of sp³-hybridized carbons (Fsp3) is 0.647. The lowest BCUT2D eigenvalue weighted by Gasteiger charge is -2.22. The second-order valence-corrected chi connectivity index (χ2v) is 6.02. The molecule has 0 aromatic heterocycles. The van der Waals surface area contributed by atoms with Gasteiger partial charge in [0.15, 0.2) is 0 Å². The monoisotopic (exact) mass is 277 g/mol. The summed E-state index contributed by atoms with van der Waals surface area (Å²) in [5.41, 5.74) is 7.06. The Labute approximate surface area is 122 Å². The molecule has 3 N–H and O–H groups in total. The van der Waals surface area contributed by atoms with Gasteiger partial charge in [-0.15, -0.1) is 0 Å². The lowest BCUT2D eigenvalue weighted by Crippen LogP contribution is -2.30. The van der Waals surface area contributed by atoms with Gasteiger partial charge in [-0.2, -0.15) is 0 Å². The lowest BCUT2D eigenvalue weighted by molar-refractivity contribution is 0.0320. The third-order valence-corrected chi connectivity index (χ3v) is 4.02. The summed E-state index contributed by atoms with van der Waals surface area (Å²) >= 11 is 0. The average Bonchev–Trinajstić information content (AvgIpc) is 2.63. The molecule has 1 aromatic carbocycles. The number of aliphatic hydroxyl groups is 1. The van der Waals surface area contributed by atoms with E-state index >= 15 is 0 Å². The van der Waals surface area contributed by atoms with E-state index in [1.165, 1.54) is 12.0 Å². The summed E-state index contributed by atoms with van der Waals surface area (Å²) in [5, 5.41) is 10.1. The molecule has 3 nitrogen and oxygen atoms in total. The standard InChI is InChI=1S/C17H27NO2/c1-13(18)7-8-14-9-11-15(12-10-14)20-17-6-4-2-3-5-16(17)19/h9-13,16-17,19H,2-8,18H2,1H3. The van der Waals surface area contributed by atoms with Gasteiger partial charge in [0.25, 0.3) is 0 Å². The first-order chi connectivity index (χ1) is 9.65. The fourth-order valence-corrected chi connectivity index (χ4v) is 2.70. The van der Waals surface area contributed by atoms with Crippen LogP contribution in [0.1, 0.15) is 51.0 Å². The number of rotatable bonds is 5. The van der Waals surface area contributed by atoms with Crippen molar-refractivity contribution in [3.63, 3.8) is 0 Å². The molecule has 0 bridgehead atoms. The summed E-state index contributed by atoms with van der Waals surface area (Å²) in [7, 11) is 0. The highest BCUT2D eigenvalue weighted by atomic mass is 16.5. The van der Waals surface area contributed by atoms with Crippen molar-refractivity contribution < 1.29 is 9.84 Å². The van der Waals surface area contributed by atoms with E-state index in [-0.39, 0.29) is 18.2 Å². The van der Waals surface area contributed by atoms with Crippen molar-refractivity contribution >= 4 is 0 Å². The Morgan fingerprint density at radius 2 is 1.90 bits per heavy atom. The Hall–Kier alpha value is -1.06. The topological polar surface area (TPSA) is 55.5 Å². The van der Waals surface area contributed by atoms with Crippen molar-refractivity contribution in [3.05, 3.63) is 29.8 Å². The van der Waals surface area contributed by atoms with Gasteiger partial charge in [0.05, 0.1) is 6.10 Å². The molecule has 0 amide bonds. The predicted molar refractivity (Wildman–Crippen MR) is 81.9 cm³/mol. The van der Waals surface area contributed by atoms with Gasteiger partial charge in [0, 0.05) is 6.04 Å². The molecule has 0 spiro atoms. The molecule has 3 unspecified atom stereocenters. The van der Waals surface area contributed by atoms with Gasteiger partial charge in [0.2, 0.25) is 0 Å². The Morgan fingerprint density at radius 1 is 1.20 bits per heavy atom. The van der Waals surface area contributed by atoms with Crippen molar-refractivity contribution in [1.29, 1.82) is 0 Å². The van der Waals surface area contributed by atoms with Gasteiger partial charge in [-0.3, -0.25) is 0 Å². The SMILES string of the molecule is CC(N)CCc1ccc(OC2CCCCCC2O)cc1. The van der Waals surface area contributed by atoms with E-state index in [0.29, 0.717) is 0 Å². The van der Waals surface area contributed by atoms with Crippen LogP contribution >= 0.6 is 0 Å². The van der Waals surface area contributed by atoms with Crippen LogP contribution in [-0.4, -0.2) is 23.4 Å². The van der Waals surface area contributed by atoms with Gasteiger partial charge < -0.3 is 15.6 Å². The minimum atomic E-state index is -0.324. The number of nitrogens with two attached hydrogens (primary N) is 1. The average molecular weight is 277 g/mol. The zero-order chi connectivity index (χ0) is 14.4. The predicted octanol–water partition coefficient (Wildman–Crippen LogP) is 3.04. The second-order valence-electron chi connectivity index (χ2n) is 6.02. The van der Waals surface area contributed by atoms with Crippen molar-refractivity contribution in [2.45, 2.75) is 70.1 Å². The number of benzene rings is 1. The Morgan fingerprint density at radius 3 is 2.60 bits per heavy atom. The highest BCUT2D eigenvalue weighted by molar-refractivity contribution is 5.27. The smallest absolute Gasteiger partial charge is 0.124 e. The van der Waals surface area contributed by atoms with Crippen LogP contribution in [0.2, 0.25) is 0 Å². The van der Waals surface area contributed by atoms with Crippen LogP contribution in [-0.2, 0) is 6.42 Å². The third kappa shape index (κ3) is 4.80. The van der Waals surface area contributed by atoms with Crippen LogP contribution in [0, 0.1) is 0 Å². The molecular weight excluding hydrogens is 250 g/mol. The summed E-state index contributed by atoms with van der Waals surface area (Å²) in [6.07, 6.45) is 6.90. The first-order valence-electron chi connectivity index (χ1n) is 7.84. The van der Waals surface area contributed by atoms with Crippen LogP contribution in [0.5, 0.6) is 5.75 Å². The van der Waals surface area contributed by atoms with E-state index in [1.807, 2.05) is 19.1 Å². The van der Waals surface area contributed by atoms with Crippen LogP contribution in [0.3, 0.4) is 0 Å². The number of hydrogen-bond donors (Lipinski definition) is 2. The van der Waals surface area contributed by atoms with E-state index in [1.54, 1.807) is 0 Å². The molecule has 0 radical (unpaired) electrons. The maximum Gasteiger partial charge on any atom is 0.124 e.